The van der Waals surface area contributed by atoms with Gasteiger partial charge in [0, 0.05) is 19.3 Å². The Morgan fingerprint density at radius 3 is 2.77 bits per heavy atom. The van der Waals surface area contributed by atoms with Crippen molar-refractivity contribution in [3.63, 3.8) is 0 Å². The maximum Gasteiger partial charge on any atom is 0.337 e. The molecule has 2 atom stereocenters. The van der Waals surface area contributed by atoms with Crippen molar-refractivity contribution in [1.82, 2.24) is 15.5 Å². The van der Waals surface area contributed by atoms with Gasteiger partial charge in [0.25, 0.3) is 0 Å². The molecule has 1 aliphatic carbocycles. The second-order valence-electron chi connectivity index (χ2n) is 8.39. The number of nitrogens with one attached hydrogen (secondary N) is 2. The van der Waals surface area contributed by atoms with Crippen LogP contribution in [0, 0.1) is 11.8 Å². The Morgan fingerprint density at radius 2 is 2.10 bits per heavy atom. The van der Waals surface area contributed by atoms with Crippen LogP contribution in [0.15, 0.2) is 47.9 Å². The van der Waals surface area contributed by atoms with Crippen LogP contribution in [0.3, 0.4) is 0 Å². The number of rotatable bonds is 9. The summed E-state index contributed by atoms with van der Waals surface area (Å²) in [4.78, 5) is 26.9. The quantitative estimate of drug-likeness (QED) is 0.522. The molecule has 1 aromatic carbocycles. The molecule has 31 heavy (non-hydrogen) atoms. The summed E-state index contributed by atoms with van der Waals surface area (Å²) in [5.41, 5.74) is 9.06. The lowest BCUT2D eigenvalue weighted by Gasteiger charge is -2.29. The van der Waals surface area contributed by atoms with Gasteiger partial charge in [0.15, 0.2) is 5.78 Å². The highest BCUT2D eigenvalue weighted by atomic mass is 16.5. The standard InChI is InChI=1S/C24H34N4O3/c1-16(21(29)15-26-14-17-7-6-10-19(13-17)24(30)31-3)22-20(11-12-25)28(2)23(27-22)18-8-4-5-9-18/h6-7,10-13,16,18,23,26-27H,4-5,8-9,14-15,25H2,1-3H3/b12-11-. The summed E-state index contributed by atoms with van der Waals surface area (Å²) in [6.45, 7) is 2.68. The number of likely N-dealkylation sites (N-methyl/N-ethyl adjacent to an activating group) is 1. The lowest BCUT2D eigenvalue weighted by molar-refractivity contribution is -0.120. The minimum atomic E-state index is -0.368. The smallest absolute Gasteiger partial charge is 0.337 e. The first-order valence-corrected chi connectivity index (χ1v) is 11.0. The Balaban J connectivity index is 1.61. The Morgan fingerprint density at radius 1 is 1.35 bits per heavy atom. The highest BCUT2D eigenvalue weighted by Gasteiger charge is 2.37. The molecule has 2 aliphatic rings. The van der Waals surface area contributed by atoms with Gasteiger partial charge in [-0.15, -0.1) is 0 Å². The van der Waals surface area contributed by atoms with Gasteiger partial charge in [-0.05, 0) is 55.7 Å². The zero-order valence-corrected chi connectivity index (χ0v) is 18.7. The van der Waals surface area contributed by atoms with Crippen molar-refractivity contribution in [3.8, 4) is 0 Å². The fraction of sp³-hybridized carbons (Fsp3) is 0.500. The third kappa shape index (κ3) is 5.28. The number of nitrogens with zero attached hydrogens (tertiary/aromatic N) is 1. The van der Waals surface area contributed by atoms with E-state index in [1.807, 2.05) is 25.1 Å². The summed E-state index contributed by atoms with van der Waals surface area (Å²) >= 11 is 0. The molecule has 0 amide bonds. The van der Waals surface area contributed by atoms with Crippen molar-refractivity contribution in [2.24, 2.45) is 17.6 Å². The van der Waals surface area contributed by atoms with E-state index in [1.165, 1.54) is 39.0 Å². The molecule has 0 bridgehead atoms. The number of hydrogen-bond donors (Lipinski definition) is 3. The molecular weight excluding hydrogens is 392 g/mol. The summed E-state index contributed by atoms with van der Waals surface area (Å²) in [6, 6.07) is 7.22. The average molecular weight is 427 g/mol. The van der Waals surface area contributed by atoms with E-state index in [4.69, 9.17) is 10.5 Å². The van der Waals surface area contributed by atoms with E-state index in [1.54, 1.807) is 12.1 Å². The molecular formula is C24H34N4O3. The summed E-state index contributed by atoms with van der Waals surface area (Å²) < 4.78 is 4.76. The minimum Gasteiger partial charge on any atom is -0.465 e. The van der Waals surface area contributed by atoms with Crippen molar-refractivity contribution in [1.29, 1.82) is 0 Å². The number of methoxy groups -OCH3 is 1. The predicted molar refractivity (Wildman–Crippen MR) is 121 cm³/mol. The number of ether oxygens (including phenoxy) is 1. The molecule has 7 nitrogen and oxygen atoms in total. The molecule has 1 saturated carbocycles. The van der Waals surface area contributed by atoms with Crippen LogP contribution in [0.4, 0.5) is 0 Å². The molecule has 2 unspecified atom stereocenters. The largest absolute Gasteiger partial charge is 0.465 e. The van der Waals surface area contributed by atoms with Crippen LogP contribution in [0.1, 0.15) is 48.5 Å². The van der Waals surface area contributed by atoms with Gasteiger partial charge in [-0.3, -0.25) is 4.79 Å². The van der Waals surface area contributed by atoms with E-state index in [0.29, 0.717) is 18.0 Å². The van der Waals surface area contributed by atoms with Gasteiger partial charge in [-0.25, -0.2) is 4.79 Å². The van der Waals surface area contributed by atoms with Gasteiger partial charge in [0.05, 0.1) is 30.8 Å². The second kappa shape index (κ2) is 10.5. The van der Waals surface area contributed by atoms with E-state index in [2.05, 4.69) is 22.6 Å². The van der Waals surface area contributed by atoms with E-state index in [0.717, 1.165) is 17.0 Å². The molecule has 0 radical (unpaired) electrons. The van der Waals surface area contributed by atoms with Crippen molar-refractivity contribution in [2.45, 2.75) is 45.3 Å². The Hall–Kier alpha value is -2.80. The second-order valence-corrected chi connectivity index (χ2v) is 8.39. The van der Waals surface area contributed by atoms with E-state index < -0.39 is 0 Å². The van der Waals surface area contributed by atoms with Crippen LogP contribution in [-0.2, 0) is 16.1 Å². The monoisotopic (exact) mass is 426 g/mol. The molecule has 168 valence electrons. The van der Waals surface area contributed by atoms with Gasteiger partial charge in [0.2, 0.25) is 0 Å². The van der Waals surface area contributed by atoms with Crippen LogP contribution < -0.4 is 16.4 Å². The Labute approximate surface area is 184 Å². The molecule has 1 aromatic rings. The number of carbonyl (C=O) groups is 2. The highest BCUT2D eigenvalue weighted by molar-refractivity contribution is 5.89. The number of ketones is 1. The number of nitrogens with two attached hydrogens (primary N) is 1. The molecule has 0 saturated heterocycles. The third-order valence-electron chi connectivity index (χ3n) is 6.37. The number of hydrogen-bond acceptors (Lipinski definition) is 7. The Kier molecular flexibility index (Phi) is 7.74. The molecule has 0 spiro atoms. The van der Waals surface area contributed by atoms with Crippen LogP contribution in [0.2, 0.25) is 0 Å². The fourth-order valence-electron chi connectivity index (χ4n) is 4.59. The van der Waals surface area contributed by atoms with Gasteiger partial charge in [-0.1, -0.05) is 25.0 Å². The summed E-state index contributed by atoms with van der Waals surface area (Å²) in [7, 11) is 3.43. The first-order valence-electron chi connectivity index (χ1n) is 11.0. The van der Waals surface area contributed by atoms with E-state index >= 15 is 0 Å². The number of benzene rings is 1. The zero-order chi connectivity index (χ0) is 22.4. The van der Waals surface area contributed by atoms with Gasteiger partial charge < -0.3 is 26.0 Å². The Bertz CT molecular complexity index is 858. The first kappa shape index (κ1) is 22.9. The van der Waals surface area contributed by atoms with Gasteiger partial charge in [-0.2, -0.15) is 0 Å². The SMILES string of the molecule is COC(=O)c1cccc(CNCC(=O)C(C)C2=C(/C=C\N)N(C)C(C3CCCC3)N2)c1. The average Bonchev–Trinajstić information content (AvgIpc) is 3.42. The molecule has 1 aliphatic heterocycles. The third-order valence-corrected chi connectivity index (χ3v) is 6.37. The van der Waals surface area contributed by atoms with Crippen LogP contribution in [0.5, 0.6) is 0 Å². The lowest BCUT2D eigenvalue weighted by Crippen LogP contribution is -2.41. The van der Waals surface area contributed by atoms with Gasteiger partial charge >= 0.3 is 5.97 Å². The number of esters is 1. The van der Waals surface area contributed by atoms with Crippen molar-refractivity contribution in [3.05, 3.63) is 59.1 Å². The number of carbonyl (C=O) groups excluding carboxylic acids is 2. The zero-order valence-electron chi connectivity index (χ0n) is 18.7. The van der Waals surface area contributed by atoms with Crippen molar-refractivity contribution < 1.29 is 14.3 Å². The summed E-state index contributed by atoms with van der Waals surface area (Å²) in [6.07, 6.45) is 8.59. The topological polar surface area (TPSA) is 96.7 Å². The molecule has 1 fully saturated rings. The molecule has 7 heteroatoms. The number of allylic oxidation sites excluding steroid dienone is 2. The minimum absolute atomic E-state index is 0.106. The fourth-order valence-corrected chi connectivity index (χ4v) is 4.59. The summed E-state index contributed by atoms with van der Waals surface area (Å²) in [5, 5.41) is 6.84. The highest BCUT2D eigenvalue weighted by Crippen LogP contribution is 2.35. The lowest BCUT2D eigenvalue weighted by atomic mass is 10.00. The molecule has 0 aromatic heterocycles. The molecule has 3 rings (SSSR count). The van der Waals surface area contributed by atoms with Crippen LogP contribution in [-0.4, -0.2) is 43.5 Å². The molecule has 1 heterocycles. The summed E-state index contributed by atoms with van der Waals surface area (Å²) in [5.74, 6) is 0.0578. The van der Waals surface area contributed by atoms with E-state index in [-0.39, 0.29) is 30.4 Å². The van der Waals surface area contributed by atoms with Crippen LogP contribution >= 0.6 is 0 Å². The predicted octanol–water partition coefficient (Wildman–Crippen LogP) is 2.50. The van der Waals surface area contributed by atoms with E-state index in [9.17, 15) is 9.59 Å². The van der Waals surface area contributed by atoms with Crippen molar-refractivity contribution in [2.75, 3.05) is 20.7 Å². The van der Waals surface area contributed by atoms with Crippen molar-refractivity contribution >= 4 is 11.8 Å². The maximum absolute atomic E-state index is 12.9. The van der Waals surface area contributed by atoms with Gasteiger partial charge in [0.1, 0.15) is 6.17 Å². The van der Waals surface area contributed by atoms with Crippen LogP contribution in [0.25, 0.3) is 0 Å². The molecule has 4 N–H and O–H groups in total. The maximum atomic E-state index is 12.9. The normalized spacial score (nSPS) is 20.4. The first-order chi connectivity index (χ1) is 15.0. The number of Topliss-reactive ketones (excluding diaryl/α,β-unsaturated/α-hetero) is 1.